The minimum Gasteiger partial charge on any atom is -0.480 e. The third kappa shape index (κ3) is 5.17. The van der Waals surface area contributed by atoms with Crippen LogP contribution in [0.15, 0.2) is 12.7 Å². The van der Waals surface area contributed by atoms with Gasteiger partial charge in [0.2, 0.25) is 5.91 Å². The highest BCUT2D eigenvalue weighted by molar-refractivity contribution is 5.85. The lowest BCUT2D eigenvalue weighted by atomic mass is 10.1. The fourth-order valence-corrected chi connectivity index (χ4v) is 0.938. The normalized spacial score (nSPS) is 14.0. The lowest BCUT2D eigenvalue weighted by molar-refractivity contribution is -0.143. The zero-order chi connectivity index (χ0) is 11.8. The molecule has 2 atom stereocenters. The summed E-state index contributed by atoms with van der Waals surface area (Å²) in [6, 6.07) is -0.881. The maximum Gasteiger partial charge on any atom is 0.326 e. The predicted octanol–water partition coefficient (Wildman–Crippen LogP) is 0.557. The number of ether oxygens (including phenoxy) is 1. The Hall–Kier alpha value is -1.36. The van der Waals surface area contributed by atoms with Crippen LogP contribution in [0.1, 0.15) is 19.8 Å². The first kappa shape index (κ1) is 13.6. The number of hydrogen-bond donors (Lipinski definition) is 2. The molecule has 2 unspecified atom stereocenters. The number of carboxylic acid groups (broad SMARTS) is 1. The van der Waals surface area contributed by atoms with E-state index in [9.17, 15) is 9.59 Å². The van der Waals surface area contributed by atoms with Gasteiger partial charge in [0, 0.05) is 7.11 Å². The summed E-state index contributed by atoms with van der Waals surface area (Å²) in [5.74, 6) is -1.47. The van der Waals surface area contributed by atoms with Gasteiger partial charge in [-0.15, -0.1) is 6.58 Å². The molecule has 0 spiro atoms. The van der Waals surface area contributed by atoms with Crippen molar-refractivity contribution in [2.24, 2.45) is 0 Å². The third-order valence-corrected chi connectivity index (χ3v) is 2.00. The smallest absolute Gasteiger partial charge is 0.326 e. The molecule has 0 saturated carbocycles. The Morgan fingerprint density at radius 1 is 1.60 bits per heavy atom. The van der Waals surface area contributed by atoms with E-state index >= 15 is 0 Å². The number of aliphatic carboxylic acids is 1. The van der Waals surface area contributed by atoms with Crippen LogP contribution in [-0.2, 0) is 14.3 Å². The zero-order valence-electron chi connectivity index (χ0n) is 9.03. The molecule has 0 aliphatic heterocycles. The van der Waals surface area contributed by atoms with E-state index in [0.29, 0.717) is 12.8 Å². The van der Waals surface area contributed by atoms with Gasteiger partial charge in [-0.1, -0.05) is 6.08 Å². The highest BCUT2D eigenvalue weighted by atomic mass is 16.5. The van der Waals surface area contributed by atoms with E-state index in [1.54, 1.807) is 13.0 Å². The van der Waals surface area contributed by atoms with Crippen molar-refractivity contribution in [3.8, 4) is 0 Å². The molecule has 15 heavy (non-hydrogen) atoms. The maximum absolute atomic E-state index is 11.3. The summed E-state index contributed by atoms with van der Waals surface area (Å²) in [6.45, 7) is 5.05. The van der Waals surface area contributed by atoms with Gasteiger partial charge < -0.3 is 15.2 Å². The Bertz CT molecular complexity index is 240. The molecule has 1 amide bonds. The zero-order valence-corrected chi connectivity index (χ0v) is 9.03. The van der Waals surface area contributed by atoms with Crippen LogP contribution in [0, 0.1) is 0 Å². The van der Waals surface area contributed by atoms with Crippen molar-refractivity contribution < 1.29 is 19.4 Å². The van der Waals surface area contributed by atoms with E-state index in [0.717, 1.165) is 0 Å². The van der Waals surface area contributed by atoms with E-state index in [2.05, 4.69) is 11.9 Å². The average molecular weight is 215 g/mol. The summed E-state index contributed by atoms with van der Waals surface area (Å²) >= 11 is 0. The lowest BCUT2D eigenvalue weighted by Crippen LogP contribution is -2.45. The van der Waals surface area contributed by atoms with Crippen molar-refractivity contribution in [3.05, 3.63) is 12.7 Å². The third-order valence-electron chi connectivity index (χ3n) is 2.00. The number of carbonyl (C=O) groups excluding carboxylic acids is 1. The standard InChI is InChI=1S/C10H17NO4/c1-4-5-6-8(10(13)14)11-9(12)7(2)15-3/h4,7-8H,1,5-6H2,2-3H3,(H,11,12)(H,13,14). The number of hydrogen-bond acceptors (Lipinski definition) is 3. The number of allylic oxidation sites excluding steroid dienone is 1. The largest absolute Gasteiger partial charge is 0.480 e. The van der Waals surface area contributed by atoms with E-state index in [-0.39, 0.29) is 0 Å². The minimum atomic E-state index is -1.05. The molecule has 0 aromatic heterocycles. The molecular weight excluding hydrogens is 198 g/mol. The van der Waals surface area contributed by atoms with Crippen LogP contribution < -0.4 is 5.32 Å². The number of rotatable bonds is 7. The molecule has 86 valence electrons. The molecule has 0 bridgehead atoms. The van der Waals surface area contributed by atoms with Gasteiger partial charge in [0.25, 0.3) is 0 Å². The van der Waals surface area contributed by atoms with E-state index in [4.69, 9.17) is 9.84 Å². The van der Waals surface area contributed by atoms with Crippen molar-refractivity contribution in [3.63, 3.8) is 0 Å². The molecule has 0 aromatic carbocycles. The predicted molar refractivity (Wildman–Crippen MR) is 55.5 cm³/mol. The number of carbonyl (C=O) groups is 2. The van der Waals surface area contributed by atoms with Gasteiger partial charge in [-0.3, -0.25) is 4.79 Å². The van der Waals surface area contributed by atoms with Gasteiger partial charge in [-0.05, 0) is 19.8 Å². The van der Waals surface area contributed by atoms with Crippen LogP contribution in [0.25, 0.3) is 0 Å². The monoisotopic (exact) mass is 215 g/mol. The van der Waals surface area contributed by atoms with Crippen LogP contribution in [0.4, 0.5) is 0 Å². The molecule has 0 aliphatic carbocycles. The number of nitrogens with one attached hydrogen (secondary N) is 1. The number of amides is 1. The van der Waals surface area contributed by atoms with Gasteiger partial charge in [-0.25, -0.2) is 4.79 Å². The molecule has 0 rings (SSSR count). The average Bonchev–Trinajstić information content (AvgIpc) is 2.22. The van der Waals surface area contributed by atoms with Crippen LogP contribution in [0.2, 0.25) is 0 Å². The Kier molecular flexibility index (Phi) is 6.37. The van der Waals surface area contributed by atoms with Crippen LogP contribution in [-0.4, -0.2) is 36.2 Å². The highest BCUT2D eigenvalue weighted by Gasteiger charge is 2.21. The van der Waals surface area contributed by atoms with E-state index in [1.165, 1.54) is 7.11 Å². The molecule has 0 aromatic rings. The summed E-state index contributed by atoms with van der Waals surface area (Å²) in [5.41, 5.74) is 0. The van der Waals surface area contributed by atoms with Crippen LogP contribution >= 0.6 is 0 Å². The van der Waals surface area contributed by atoms with Crippen molar-refractivity contribution in [2.75, 3.05) is 7.11 Å². The van der Waals surface area contributed by atoms with Crippen molar-refractivity contribution in [2.45, 2.75) is 31.9 Å². The fourth-order valence-electron chi connectivity index (χ4n) is 0.938. The molecule has 0 heterocycles. The molecule has 0 saturated heterocycles. The number of methoxy groups -OCH3 is 1. The van der Waals surface area contributed by atoms with Gasteiger partial charge in [0.1, 0.15) is 12.1 Å². The summed E-state index contributed by atoms with van der Waals surface area (Å²) < 4.78 is 4.77. The van der Waals surface area contributed by atoms with Crippen molar-refractivity contribution in [1.82, 2.24) is 5.32 Å². The van der Waals surface area contributed by atoms with Crippen LogP contribution in [0.3, 0.4) is 0 Å². The second-order valence-electron chi connectivity index (χ2n) is 3.14. The van der Waals surface area contributed by atoms with E-state index < -0.39 is 24.0 Å². The first-order valence-electron chi connectivity index (χ1n) is 4.69. The Labute approximate surface area is 89.1 Å². The second-order valence-corrected chi connectivity index (χ2v) is 3.14. The van der Waals surface area contributed by atoms with Gasteiger partial charge in [-0.2, -0.15) is 0 Å². The van der Waals surface area contributed by atoms with Gasteiger partial charge >= 0.3 is 5.97 Å². The van der Waals surface area contributed by atoms with Crippen molar-refractivity contribution >= 4 is 11.9 Å². The van der Waals surface area contributed by atoms with Gasteiger partial charge in [0.05, 0.1) is 0 Å². The quantitative estimate of drug-likeness (QED) is 0.608. The molecule has 5 nitrogen and oxygen atoms in total. The molecule has 0 aliphatic rings. The molecule has 0 radical (unpaired) electrons. The SMILES string of the molecule is C=CCCC(NC(=O)C(C)OC)C(=O)O. The Balaban J connectivity index is 4.21. The summed E-state index contributed by atoms with van der Waals surface area (Å²) in [5, 5.41) is 11.2. The van der Waals surface area contributed by atoms with Crippen LogP contribution in [0.5, 0.6) is 0 Å². The Morgan fingerprint density at radius 3 is 2.60 bits per heavy atom. The number of carboxylic acids is 1. The highest BCUT2D eigenvalue weighted by Crippen LogP contribution is 1.99. The first-order valence-corrected chi connectivity index (χ1v) is 4.69. The topological polar surface area (TPSA) is 75.6 Å². The molecule has 0 fully saturated rings. The maximum atomic E-state index is 11.3. The molecular formula is C10H17NO4. The molecule has 5 heteroatoms. The van der Waals surface area contributed by atoms with E-state index in [1.807, 2.05) is 0 Å². The second kappa shape index (κ2) is 7.00. The summed E-state index contributed by atoms with van der Waals surface area (Å²) in [4.78, 5) is 22.1. The summed E-state index contributed by atoms with van der Waals surface area (Å²) in [6.07, 6.45) is 1.84. The van der Waals surface area contributed by atoms with Crippen molar-refractivity contribution in [1.29, 1.82) is 0 Å². The minimum absolute atomic E-state index is 0.334. The Morgan fingerprint density at radius 2 is 2.20 bits per heavy atom. The molecule has 2 N–H and O–H groups in total. The van der Waals surface area contributed by atoms with Gasteiger partial charge in [0.15, 0.2) is 0 Å². The summed E-state index contributed by atoms with van der Waals surface area (Å²) in [7, 11) is 1.39. The fraction of sp³-hybridized carbons (Fsp3) is 0.600. The first-order chi connectivity index (χ1) is 7.02. The lowest BCUT2D eigenvalue weighted by Gasteiger charge is -2.16.